The maximum absolute atomic E-state index is 13.3. The first-order valence-corrected chi connectivity index (χ1v) is 16.7. The summed E-state index contributed by atoms with van der Waals surface area (Å²) in [6.07, 6.45) is 7.05. The summed E-state index contributed by atoms with van der Waals surface area (Å²) in [6.45, 7) is 19.3. The third-order valence-electron chi connectivity index (χ3n) is 8.35. The molecule has 1 aromatic heterocycles. The summed E-state index contributed by atoms with van der Waals surface area (Å²) >= 11 is 1.50. The maximum atomic E-state index is 13.3. The average molecular weight is 642 g/mol. The second kappa shape index (κ2) is 17.6. The molecular weight excluding hydrogens is 586 g/mol. The Hall–Kier alpha value is -3.08. The molecule has 0 radical (unpaired) electrons. The van der Waals surface area contributed by atoms with E-state index in [1.165, 1.54) is 28.6 Å². The number of benzene rings is 1. The van der Waals surface area contributed by atoms with Crippen molar-refractivity contribution in [2.75, 3.05) is 48.0 Å². The second-order valence-electron chi connectivity index (χ2n) is 11.3. The minimum Gasteiger partial charge on any atom is -0.496 e. The normalized spacial score (nSPS) is 18.9. The lowest BCUT2D eigenvalue weighted by molar-refractivity contribution is -0.107. The highest BCUT2D eigenvalue weighted by Crippen LogP contribution is 2.48. The van der Waals surface area contributed by atoms with Gasteiger partial charge in [-0.05, 0) is 52.3 Å². The van der Waals surface area contributed by atoms with E-state index in [1.54, 1.807) is 32.1 Å². The molecule has 5 rings (SSSR count). The van der Waals surface area contributed by atoms with Gasteiger partial charge in [0.15, 0.2) is 0 Å². The fourth-order valence-corrected chi connectivity index (χ4v) is 7.28. The van der Waals surface area contributed by atoms with Gasteiger partial charge >= 0.3 is 6.03 Å². The number of amides is 2. The smallest absolute Gasteiger partial charge is 0.325 e. The molecule has 2 saturated heterocycles. The van der Waals surface area contributed by atoms with Crippen LogP contribution in [-0.2, 0) is 23.1 Å². The Kier molecular flexibility index (Phi) is 14.9. The number of thioether (sulfide) groups is 1. The Morgan fingerprint density at radius 2 is 1.80 bits per heavy atom. The number of urea groups is 1. The van der Waals surface area contributed by atoms with E-state index < -0.39 is 0 Å². The van der Waals surface area contributed by atoms with Crippen LogP contribution in [0.2, 0.25) is 0 Å². The number of carbonyl (C=O) groups is 2. The zero-order valence-corrected chi connectivity index (χ0v) is 30.2. The van der Waals surface area contributed by atoms with Crippen LogP contribution in [-0.4, -0.2) is 95.6 Å². The standard InChI is InChI=1S/C21H29N3O2.C10H14N2OS.C2H6O.C2H6/c1-5-24-20(25)23-14-16-7-6-8-17(26-4)19(16)15(2)13-18(23)21(24)9-11-22(3)12-10-21;1-5-9-8(3)11-12(4)10(9)14-7(2)6-13;1-3-2;1-2/h6-8,13,15H,5,9-12,14H2,1-4H3;5-7H,1H2,2-4H3;1-2H3;1-2H3. The summed E-state index contributed by atoms with van der Waals surface area (Å²) in [5.41, 5.74) is 5.44. The molecule has 4 heterocycles. The Labute approximate surface area is 275 Å². The summed E-state index contributed by atoms with van der Waals surface area (Å²) in [7, 11) is 9.02. The molecule has 1 aromatic carbocycles. The largest absolute Gasteiger partial charge is 0.496 e. The highest BCUT2D eigenvalue weighted by atomic mass is 32.2. The van der Waals surface area contributed by atoms with Gasteiger partial charge < -0.3 is 24.1 Å². The summed E-state index contributed by atoms with van der Waals surface area (Å²) in [5, 5.41) is 5.22. The molecule has 10 heteroatoms. The highest BCUT2D eigenvalue weighted by molar-refractivity contribution is 8.00. The van der Waals surface area contributed by atoms with Crippen LogP contribution in [0.1, 0.15) is 75.8 Å². The molecule has 2 fully saturated rings. The van der Waals surface area contributed by atoms with Gasteiger partial charge in [0.1, 0.15) is 17.1 Å². The first-order chi connectivity index (χ1) is 21.5. The molecule has 2 atom stereocenters. The molecule has 3 aliphatic rings. The van der Waals surface area contributed by atoms with Crippen molar-refractivity contribution in [1.29, 1.82) is 0 Å². The number of likely N-dealkylation sites (tertiary alicyclic amines) is 1. The number of aryl methyl sites for hydroxylation is 2. The molecule has 3 aliphatic heterocycles. The van der Waals surface area contributed by atoms with E-state index in [2.05, 4.69) is 59.3 Å². The number of rotatable bonds is 6. The van der Waals surface area contributed by atoms with Crippen LogP contribution in [0.15, 0.2) is 41.6 Å². The molecule has 0 aliphatic carbocycles. The number of aldehydes is 1. The van der Waals surface area contributed by atoms with Crippen LogP contribution in [0.4, 0.5) is 4.79 Å². The second-order valence-corrected chi connectivity index (χ2v) is 12.7. The van der Waals surface area contributed by atoms with Crippen LogP contribution in [0.5, 0.6) is 5.75 Å². The van der Waals surface area contributed by atoms with E-state index in [9.17, 15) is 9.59 Å². The van der Waals surface area contributed by atoms with Gasteiger partial charge in [-0.3, -0.25) is 9.58 Å². The number of carbonyl (C=O) groups excluding carboxylic acids is 2. The van der Waals surface area contributed by atoms with E-state index in [0.717, 1.165) is 60.8 Å². The summed E-state index contributed by atoms with van der Waals surface area (Å²) in [4.78, 5) is 30.4. The Morgan fingerprint density at radius 3 is 2.33 bits per heavy atom. The van der Waals surface area contributed by atoms with Gasteiger partial charge in [-0.2, -0.15) is 5.10 Å². The van der Waals surface area contributed by atoms with Gasteiger partial charge in [0, 0.05) is 63.6 Å². The molecular formula is C35H55N5O4S. The summed E-state index contributed by atoms with van der Waals surface area (Å²) in [6, 6.07) is 6.34. The molecule has 1 spiro atoms. The predicted molar refractivity (Wildman–Crippen MR) is 186 cm³/mol. The Morgan fingerprint density at radius 1 is 1.18 bits per heavy atom. The van der Waals surface area contributed by atoms with Crippen LogP contribution >= 0.6 is 11.8 Å². The van der Waals surface area contributed by atoms with Gasteiger partial charge in [-0.1, -0.05) is 63.4 Å². The number of likely N-dealkylation sites (N-methyl/N-ethyl adjacent to an activating group) is 1. The number of methoxy groups -OCH3 is 2. The van der Waals surface area contributed by atoms with Crippen molar-refractivity contribution >= 4 is 30.2 Å². The number of fused-ring (bicyclic) bond motifs is 3. The van der Waals surface area contributed by atoms with Gasteiger partial charge in [-0.15, -0.1) is 0 Å². The maximum Gasteiger partial charge on any atom is 0.325 e. The number of ether oxygens (including phenoxy) is 2. The van der Waals surface area contributed by atoms with Gasteiger partial charge in [-0.25, -0.2) is 4.79 Å². The van der Waals surface area contributed by atoms with Gasteiger partial charge in [0.25, 0.3) is 0 Å². The topological polar surface area (TPSA) is 80.1 Å². The molecule has 9 nitrogen and oxygen atoms in total. The lowest BCUT2D eigenvalue weighted by Crippen LogP contribution is -2.53. The quantitative estimate of drug-likeness (QED) is 0.255. The number of aromatic nitrogens is 2. The summed E-state index contributed by atoms with van der Waals surface area (Å²) in [5.74, 6) is 1.15. The van der Waals surface area contributed by atoms with Crippen molar-refractivity contribution in [2.45, 2.75) is 82.7 Å². The number of nitrogens with zero attached hydrogens (tertiary/aromatic N) is 5. The van der Waals surface area contributed by atoms with Crippen molar-refractivity contribution in [3.8, 4) is 5.75 Å². The van der Waals surface area contributed by atoms with Crippen molar-refractivity contribution < 1.29 is 19.1 Å². The SMILES string of the molecule is C=Cc1c(C)nn(C)c1SC(C)C=O.CC.CCN1C(=O)N2Cc3cccc(OC)c3C(C)C=C2C12CCN(C)CC2.COC. The summed E-state index contributed by atoms with van der Waals surface area (Å²) < 4.78 is 11.7. The number of hydrogen-bond acceptors (Lipinski definition) is 7. The molecule has 2 amide bonds. The Balaban J connectivity index is 0.000000314. The minimum absolute atomic E-state index is 0.0523. The van der Waals surface area contributed by atoms with E-state index in [0.29, 0.717) is 6.54 Å². The van der Waals surface area contributed by atoms with Crippen LogP contribution in [0.25, 0.3) is 6.08 Å². The first kappa shape index (κ1) is 38.1. The molecule has 0 N–H and O–H groups in total. The van der Waals surface area contributed by atoms with Crippen molar-refractivity contribution in [3.63, 3.8) is 0 Å². The van der Waals surface area contributed by atoms with E-state index in [-0.39, 0.29) is 22.7 Å². The minimum atomic E-state index is -0.151. The average Bonchev–Trinajstić information content (AvgIpc) is 3.34. The monoisotopic (exact) mass is 641 g/mol. The van der Waals surface area contributed by atoms with Crippen LogP contribution in [0.3, 0.4) is 0 Å². The molecule has 2 unspecified atom stereocenters. The zero-order valence-electron chi connectivity index (χ0n) is 29.3. The molecule has 0 bridgehead atoms. The lowest BCUT2D eigenvalue weighted by atomic mass is 9.82. The van der Waals surface area contributed by atoms with Crippen molar-refractivity contribution in [2.24, 2.45) is 7.05 Å². The molecule has 250 valence electrons. The molecule has 45 heavy (non-hydrogen) atoms. The fraction of sp³-hybridized carbons (Fsp3) is 0.571. The highest BCUT2D eigenvalue weighted by Gasteiger charge is 2.54. The number of allylic oxidation sites excluding steroid dienone is 1. The van der Waals surface area contributed by atoms with Gasteiger partial charge in [0.2, 0.25) is 0 Å². The van der Waals surface area contributed by atoms with Crippen LogP contribution in [0, 0.1) is 6.92 Å². The zero-order chi connectivity index (χ0) is 33.9. The van der Waals surface area contributed by atoms with Crippen molar-refractivity contribution in [1.82, 2.24) is 24.5 Å². The number of piperidine rings is 1. The first-order valence-electron chi connectivity index (χ1n) is 15.9. The van der Waals surface area contributed by atoms with E-state index in [4.69, 9.17) is 4.74 Å². The third-order valence-corrected chi connectivity index (χ3v) is 9.54. The fourth-order valence-electron chi connectivity index (χ4n) is 6.32. The predicted octanol–water partition coefficient (Wildman–Crippen LogP) is 6.76. The molecule has 2 aromatic rings. The van der Waals surface area contributed by atoms with Gasteiger partial charge in [0.05, 0.1) is 30.1 Å². The Bertz CT molecular complexity index is 1320. The van der Waals surface area contributed by atoms with Crippen LogP contribution < -0.4 is 4.74 Å². The van der Waals surface area contributed by atoms with E-state index >= 15 is 0 Å². The number of hydrogen-bond donors (Lipinski definition) is 0. The van der Waals surface area contributed by atoms with Crippen molar-refractivity contribution in [3.05, 3.63) is 58.9 Å². The van der Waals surface area contributed by atoms with E-state index in [1.807, 2.05) is 51.8 Å². The lowest BCUT2D eigenvalue weighted by Gasteiger charge is -2.43. The third kappa shape index (κ3) is 8.20. The molecule has 0 saturated carbocycles.